The van der Waals surface area contributed by atoms with Gasteiger partial charge in [0.05, 0.1) is 0 Å². The molecule has 0 aromatic rings. The lowest BCUT2D eigenvalue weighted by Gasteiger charge is -1.83. The standard InChI is InChI=1S/C3H8N4.C2H6/c1-2-3(6-4)7-5;1-2/h4H,2,5H2,1H3;1-2H3/b6-4?,7-3-;. The van der Waals surface area contributed by atoms with Gasteiger partial charge in [-0.15, -0.1) is 5.11 Å². The largest absolute Gasteiger partial charge is 0.321 e. The van der Waals surface area contributed by atoms with E-state index in [0.29, 0.717) is 12.3 Å². The van der Waals surface area contributed by atoms with Crippen LogP contribution < -0.4 is 5.84 Å². The third kappa shape index (κ3) is 7.07. The van der Waals surface area contributed by atoms with Crippen molar-refractivity contribution in [2.24, 2.45) is 16.1 Å². The van der Waals surface area contributed by atoms with Gasteiger partial charge in [-0.2, -0.15) is 5.10 Å². The highest BCUT2D eigenvalue weighted by molar-refractivity contribution is 5.81. The molecule has 0 radical (unpaired) electrons. The Kier molecular flexibility index (Phi) is 12.3. The monoisotopic (exact) mass is 130 g/mol. The minimum absolute atomic E-state index is 0.375. The van der Waals surface area contributed by atoms with Crippen LogP contribution in [0.2, 0.25) is 0 Å². The van der Waals surface area contributed by atoms with E-state index in [1.807, 2.05) is 20.8 Å². The van der Waals surface area contributed by atoms with E-state index in [2.05, 4.69) is 10.2 Å². The van der Waals surface area contributed by atoms with E-state index in [9.17, 15) is 0 Å². The van der Waals surface area contributed by atoms with E-state index in [-0.39, 0.29) is 0 Å². The number of nitrogens with two attached hydrogens (primary N) is 1. The van der Waals surface area contributed by atoms with Gasteiger partial charge in [0.25, 0.3) is 0 Å². The topological polar surface area (TPSA) is 74.6 Å². The molecular weight excluding hydrogens is 116 g/mol. The first kappa shape index (κ1) is 10.9. The second-order valence-corrected chi connectivity index (χ2v) is 1.01. The zero-order chi connectivity index (χ0) is 7.70. The average Bonchev–Trinajstić information content (AvgIpc) is 1.96. The molecule has 0 aliphatic heterocycles. The van der Waals surface area contributed by atoms with Crippen LogP contribution in [0.5, 0.6) is 0 Å². The van der Waals surface area contributed by atoms with Crippen molar-refractivity contribution in [1.82, 2.24) is 0 Å². The number of hydrazone groups is 1. The molecule has 54 valence electrons. The normalized spacial score (nSPS) is 9.44. The Morgan fingerprint density at radius 3 is 2.00 bits per heavy atom. The Hall–Kier alpha value is -0.930. The van der Waals surface area contributed by atoms with E-state index in [4.69, 9.17) is 11.4 Å². The summed E-state index contributed by atoms with van der Waals surface area (Å²) in [7, 11) is 0. The fraction of sp³-hybridized carbons (Fsp3) is 0.800. The van der Waals surface area contributed by atoms with Crippen LogP contribution in [0.15, 0.2) is 10.2 Å². The van der Waals surface area contributed by atoms with Gasteiger partial charge in [0, 0.05) is 6.42 Å². The molecule has 3 N–H and O–H groups in total. The molecule has 0 aliphatic rings. The molecule has 0 aliphatic carbocycles. The van der Waals surface area contributed by atoms with Crippen molar-refractivity contribution < 1.29 is 0 Å². The van der Waals surface area contributed by atoms with Gasteiger partial charge in [-0.3, -0.25) is 0 Å². The molecule has 4 nitrogen and oxygen atoms in total. The Labute approximate surface area is 55.6 Å². The van der Waals surface area contributed by atoms with Crippen LogP contribution in [-0.4, -0.2) is 5.84 Å². The molecule has 0 saturated heterocycles. The maximum Gasteiger partial charge on any atom is 0.169 e. The van der Waals surface area contributed by atoms with Crippen LogP contribution in [0.3, 0.4) is 0 Å². The van der Waals surface area contributed by atoms with E-state index < -0.39 is 0 Å². The molecule has 4 heteroatoms. The smallest absolute Gasteiger partial charge is 0.169 e. The zero-order valence-corrected chi connectivity index (χ0v) is 6.18. The lowest BCUT2D eigenvalue weighted by molar-refractivity contribution is 1.07. The molecule has 0 atom stereocenters. The number of hydrogen-bond donors (Lipinski definition) is 2. The molecule has 0 aromatic heterocycles. The lowest BCUT2D eigenvalue weighted by atomic mass is 10.5. The van der Waals surface area contributed by atoms with Gasteiger partial charge in [-0.05, 0) is 0 Å². The molecule has 0 spiro atoms. The summed E-state index contributed by atoms with van der Waals surface area (Å²) in [6.45, 7) is 5.84. The third-order valence-corrected chi connectivity index (χ3v) is 0.594. The van der Waals surface area contributed by atoms with Crippen molar-refractivity contribution in [3.8, 4) is 0 Å². The Morgan fingerprint density at radius 2 is 2.00 bits per heavy atom. The van der Waals surface area contributed by atoms with Crippen molar-refractivity contribution in [2.45, 2.75) is 27.2 Å². The fourth-order valence-corrected chi connectivity index (χ4v) is 0.199. The van der Waals surface area contributed by atoms with Crippen LogP contribution in [0.4, 0.5) is 0 Å². The highest BCUT2D eigenvalue weighted by atomic mass is 15.2. The molecule has 0 rings (SSSR count). The fourth-order valence-electron chi connectivity index (χ4n) is 0.199. The minimum Gasteiger partial charge on any atom is -0.321 e. The maximum atomic E-state index is 6.37. The molecule has 0 heterocycles. The van der Waals surface area contributed by atoms with E-state index >= 15 is 0 Å². The van der Waals surface area contributed by atoms with E-state index in [1.54, 1.807) is 0 Å². The highest BCUT2D eigenvalue weighted by Gasteiger charge is 1.84. The van der Waals surface area contributed by atoms with Gasteiger partial charge in [-0.1, -0.05) is 20.8 Å². The molecule has 9 heavy (non-hydrogen) atoms. The predicted molar refractivity (Wildman–Crippen MR) is 38.4 cm³/mol. The number of amidine groups is 1. The van der Waals surface area contributed by atoms with Crippen LogP contribution in [-0.2, 0) is 0 Å². The summed E-state index contributed by atoms with van der Waals surface area (Å²) in [6, 6.07) is 0. The van der Waals surface area contributed by atoms with Gasteiger partial charge in [0.15, 0.2) is 5.84 Å². The second-order valence-electron chi connectivity index (χ2n) is 1.01. The van der Waals surface area contributed by atoms with Gasteiger partial charge >= 0.3 is 0 Å². The van der Waals surface area contributed by atoms with Crippen LogP contribution >= 0.6 is 0 Å². The summed E-state index contributed by atoms with van der Waals surface area (Å²) in [4.78, 5) is 0. The quantitative estimate of drug-likeness (QED) is 0.183. The Morgan fingerprint density at radius 1 is 1.56 bits per heavy atom. The lowest BCUT2D eigenvalue weighted by Crippen LogP contribution is -1.93. The molecule has 0 amide bonds. The summed E-state index contributed by atoms with van der Waals surface area (Å²) in [5.74, 6) is 5.14. The van der Waals surface area contributed by atoms with Gasteiger partial charge in [-0.25, -0.2) is 5.53 Å². The first-order valence-electron chi connectivity index (χ1n) is 2.99. The number of nitrogens with one attached hydrogen (secondary N) is 1. The Bertz CT molecular complexity index is 87.0. The SMILES string of the molecule is CC.CC/C(N=N)=N/N. The zero-order valence-electron chi connectivity index (χ0n) is 6.18. The van der Waals surface area contributed by atoms with E-state index in [1.165, 1.54) is 0 Å². The average molecular weight is 130 g/mol. The summed E-state index contributed by atoms with van der Waals surface area (Å²) in [6.07, 6.45) is 0.625. The van der Waals surface area contributed by atoms with Crippen molar-refractivity contribution in [3.05, 3.63) is 0 Å². The molecule has 0 bridgehead atoms. The number of hydrogen-bond acceptors (Lipinski definition) is 3. The summed E-state index contributed by atoms with van der Waals surface area (Å²) >= 11 is 0. The van der Waals surface area contributed by atoms with Crippen molar-refractivity contribution in [2.75, 3.05) is 0 Å². The summed E-state index contributed by atoms with van der Waals surface area (Å²) in [5, 5.41) is 6.19. The van der Waals surface area contributed by atoms with Crippen LogP contribution in [0.1, 0.15) is 27.2 Å². The molecular formula is C5H14N4. The first-order chi connectivity index (χ1) is 4.35. The highest BCUT2D eigenvalue weighted by Crippen LogP contribution is 1.81. The number of nitrogens with zero attached hydrogens (tertiary/aromatic N) is 2. The van der Waals surface area contributed by atoms with Crippen LogP contribution in [0.25, 0.3) is 0 Å². The molecule has 0 saturated carbocycles. The second kappa shape index (κ2) is 10.1. The van der Waals surface area contributed by atoms with Gasteiger partial charge in [0.2, 0.25) is 0 Å². The van der Waals surface area contributed by atoms with Gasteiger partial charge < -0.3 is 5.84 Å². The molecule has 0 fully saturated rings. The molecule has 0 aromatic carbocycles. The van der Waals surface area contributed by atoms with Gasteiger partial charge in [0.1, 0.15) is 0 Å². The van der Waals surface area contributed by atoms with Crippen LogP contribution in [0, 0.1) is 5.53 Å². The van der Waals surface area contributed by atoms with Crippen molar-refractivity contribution in [3.63, 3.8) is 0 Å². The summed E-state index contributed by atoms with van der Waals surface area (Å²) in [5.41, 5.74) is 6.37. The third-order valence-electron chi connectivity index (χ3n) is 0.594. The first-order valence-corrected chi connectivity index (χ1v) is 2.99. The summed E-state index contributed by atoms with van der Waals surface area (Å²) < 4.78 is 0. The van der Waals surface area contributed by atoms with E-state index in [0.717, 1.165) is 0 Å². The minimum atomic E-state index is 0.375. The maximum absolute atomic E-state index is 6.37. The van der Waals surface area contributed by atoms with Crippen molar-refractivity contribution in [1.29, 1.82) is 5.53 Å². The molecule has 0 unspecified atom stereocenters. The van der Waals surface area contributed by atoms with Crippen molar-refractivity contribution >= 4 is 5.84 Å². The number of rotatable bonds is 1. The Balaban J connectivity index is 0. The predicted octanol–water partition coefficient (Wildman–Crippen LogP) is 1.73.